The van der Waals surface area contributed by atoms with Crippen molar-refractivity contribution in [3.8, 4) is 5.75 Å². The van der Waals surface area contributed by atoms with Crippen LogP contribution in [0.4, 0.5) is 0 Å². The Hall–Kier alpha value is -1.06. The van der Waals surface area contributed by atoms with Gasteiger partial charge in [-0.1, -0.05) is 12.1 Å². The number of likely N-dealkylation sites (tertiary alicyclic amines) is 1. The summed E-state index contributed by atoms with van der Waals surface area (Å²) >= 11 is 0. The Bertz CT molecular complexity index is 381. The number of methoxy groups -OCH3 is 1. The van der Waals surface area contributed by atoms with E-state index in [2.05, 4.69) is 42.4 Å². The molecule has 0 aliphatic carbocycles. The van der Waals surface area contributed by atoms with Crippen LogP contribution >= 0.6 is 0 Å². The monoisotopic (exact) mass is 248 g/mol. The summed E-state index contributed by atoms with van der Waals surface area (Å²) in [6.07, 6.45) is 2.57. The molecule has 1 aliphatic rings. The van der Waals surface area contributed by atoms with E-state index in [0.717, 1.165) is 12.3 Å². The first kappa shape index (κ1) is 13.4. The van der Waals surface area contributed by atoms with Gasteiger partial charge < -0.3 is 15.0 Å². The molecule has 18 heavy (non-hydrogen) atoms. The van der Waals surface area contributed by atoms with Crippen molar-refractivity contribution in [2.45, 2.75) is 31.8 Å². The maximum Gasteiger partial charge on any atom is 0.119 e. The van der Waals surface area contributed by atoms with E-state index < -0.39 is 0 Å². The first-order chi connectivity index (χ1) is 8.69. The smallest absolute Gasteiger partial charge is 0.119 e. The van der Waals surface area contributed by atoms with Gasteiger partial charge in [0.15, 0.2) is 0 Å². The minimum Gasteiger partial charge on any atom is -0.497 e. The van der Waals surface area contributed by atoms with Crippen LogP contribution in [0.1, 0.15) is 31.4 Å². The van der Waals surface area contributed by atoms with E-state index in [-0.39, 0.29) is 0 Å². The highest BCUT2D eigenvalue weighted by Gasteiger charge is 2.19. The van der Waals surface area contributed by atoms with Gasteiger partial charge in [-0.2, -0.15) is 0 Å². The molecule has 0 amide bonds. The van der Waals surface area contributed by atoms with Crippen LogP contribution in [-0.4, -0.2) is 38.2 Å². The molecular weight excluding hydrogens is 224 g/mol. The molecule has 0 bridgehead atoms. The Morgan fingerprint density at radius 2 is 2.28 bits per heavy atom. The summed E-state index contributed by atoms with van der Waals surface area (Å²) in [5, 5.41) is 3.72. The van der Waals surface area contributed by atoms with Gasteiger partial charge in [0, 0.05) is 18.6 Å². The molecule has 0 radical (unpaired) electrons. The Kier molecular flexibility index (Phi) is 4.61. The van der Waals surface area contributed by atoms with Crippen molar-refractivity contribution in [1.29, 1.82) is 0 Å². The first-order valence-electron chi connectivity index (χ1n) is 6.77. The molecule has 0 spiro atoms. The Morgan fingerprint density at radius 1 is 1.44 bits per heavy atom. The quantitative estimate of drug-likeness (QED) is 0.885. The van der Waals surface area contributed by atoms with Gasteiger partial charge in [0.25, 0.3) is 0 Å². The Morgan fingerprint density at radius 3 is 3.00 bits per heavy atom. The first-order valence-corrected chi connectivity index (χ1v) is 6.77. The number of benzene rings is 1. The fourth-order valence-corrected chi connectivity index (χ4v) is 2.66. The lowest BCUT2D eigenvalue weighted by molar-refractivity contribution is 0.218. The van der Waals surface area contributed by atoms with Gasteiger partial charge in [0.1, 0.15) is 5.75 Å². The highest BCUT2D eigenvalue weighted by atomic mass is 16.5. The molecule has 1 aromatic carbocycles. The molecule has 3 heteroatoms. The van der Waals surface area contributed by atoms with Gasteiger partial charge in [-0.15, -0.1) is 0 Å². The van der Waals surface area contributed by atoms with E-state index >= 15 is 0 Å². The predicted molar refractivity (Wildman–Crippen MR) is 75.1 cm³/mol. The number of rotatable bonds is 4. The molecule has 1 N–H and O–H groups in total. The zero-order valence-corrected chi connectivity index (χ0v) is 11.6. The average Bonchev–Trinajstić information content (AvgIpc) is 2.39. The lowest BCUT2D eigenvalue weighted by Crippen LogP contribution is -2.44. The number of ether oxygens (including phenoxy) is 1. The van der Waals surface area contributed by atoms with E-state index in [9.17, 15) is 0 Å². The predicted octanol–water partition coefficient (Wildman–Crippen LogP) is 2.44. The molecular formula is C15H24N2O. The fraction of sp³-hybridized carbons (Fsp3) is 0.600. The van der Waals surface area contributed by atoms with Gasteiger partial charge in [-0.05, 0) is 51.1 Å². The van der Waals surface area contributed by atoms with Crippen molar-refractivity contribution in [1.82, 2.24) is 10.2 Å². The lowest BCUT2D eigenvalue weighted by Gasteiger charge is -2.32. The summed E-state index contributed by atoms with van der Waals surface area (Å²) in [5.41, 5.74) is 1.29. The highest BCUT2D eigenvalue weighted by molar-refractivity contribution is 5.30. The number of hydrogen-bond donors (Lipinski definition) is 1. The normalized spacial score (nSPS) is 22.7. The number of nitrogens with one attached hydrogen (secondary N) is 1. The van der Waals surface area contributed by atoms with Gasteiger partial charge in [0.05, 0.1) is 7.11 Å². The molecule has 0 saturated carbocycles. The number of likely N-dealkylation sites (N-methyl/N-ethyl adjacent to an activating group) is 1. The van der Waals surface area contributed by atoms with Crippen molar-refractivity contribution in [3.63, 3.8) is 0 Å². The lowest BCUT2D eigenvalue weighted by atomic mass is 10.0. The second-order valence-electron chi connectivity index (χ2n) is 5.27. The van der Waals surface area contributed by atoms with Crippen LogP contribution < -0.4 is 10.1 Å². The van der Waals surface area contributed by atoms with E-state index in [4.69, 9.17) is 4.74 Å². The van der Waals surface area contributed by atoms with Crippen LogP contribution in [0, 0.1) is 0 Å². The van der Waals surface area contributed by atoms with Crippen LogP contribution in [0.3, 0.4) is 0 Å². The summed E-state index contributed by atoms with van der Waals surface area (Å²) < 4.78 is 5.28. The summed E-state index contributed by atoms with van der Waals surface area (Å²) in [5.74, 6) is 0.932. The number of nitrogens with zero attached hydrogens (tertiary/aromatic N) is 1. The largest absolute Gasteiger partial charge is 0.497 e. The van der Waals surface area contributed by atoms with E-state index in [1.54, 1.807) is 7.11 Å². The van der Waals surface area contributed by atoms with Crippen molar-refractivity contribution in [2.75, 3.05) is 27.2 Å². The summed E-state index contributed by atoms with van der Waals surface area (Å²) in [6.45, 7) is 4.60. The number of hydrogen-bond acceptors (Lipinski definition) is 3. The standard InChI is InChI=1S/C15H24N2O/c1-12(13-6-4-8-15(10-13)18-3)16-14-7-5-9-17(2)11-14/h4,6,8,10,12,14,16H,5,7,9,11H2,1-3H3. The average molecular weight is 248 g/mol. The summed E-state index contributed by atoms with van der Waals surface area (Å²) in [7, 11) is 3.91. The molecule has 0 aromatic heterocycles. The van der Waals surface area contributed by atoms with Gasteiger partial charge in [-0.3, -0.25) is 0 Å². The highest BCUT2D eigenvalue weighted by Crippen LogP contribution is 2.20. The third-order valence-corrected chi connectivity index (χ3v) is 3.70. The topological polar surface area (TPSA) is 24.5 Å². The SMILES string of the molecule is COc1cccc(C(C)NC2CCCN(C)C2)c1. The molecule has 2 unspecified atom stereocenters. The minimum absolute atomic E-state index is 0.372. The van der Waals surface area contributed by atoms with Crippen molar-refractivity contribution in [3.05, 3.63) is 29.8 Å². The Balaban J connectivity index is 1.95. The van der Waals surface area contributed by atoms with E-state index in [1.807, 2.05) is 6.07 Å². The van der Waals surface area contributed by atoms with Crippen LogP contribution in [0.2, 0.25) is 0 Å². The number of piperidine rings is 1. The van der Waals surface area contributed by atoms with Crippen molar-refractivity contribution >= 4 is 0 Å². The zero-order valence-electron chi connectivity index (χ0n) is 11.6. The van der Waals surface area contributed by atoms with Crippen LogP contribution in [0.25, 0.3) is 0 Å². The molecule has 3 nitrogen and oxygen atoms in total. The van der Waals surface area contributed by atoms with Crippen molar-refractivity contribution < 1.29 is 4.74 Å². The van der Waals surface area contributed by atoms with Gasteiger partial charge in [-0.25, -0.2) is 0 Å². The van der Waals surface area contributed by atoms with Crippen LogP contribution in [0.15, 0.2) is 24.3 Å². The third kappa shape index (κ3) is 3.47. The maximum atomic E-state index is 5.28. The van der Waals surface area contributed by atoms with Gasteiger partial charge in [0.2, 0.25) is 0 Å². The Labute approximate surface area is 110 Å². The van der Waals surface area contributed by atoms with Crippen molar-refractivity contribution in [2.24, 2.45) is 0 Å². The molecule has 1 fully saturated rings. The van der Waals surface area contributed by atoms with Crippen LogP contribution in [0.5, 0.6) is 5.75 Å². The summed E-state index contributed by atoms with van der Waals surface area (Å²) in [6, 6.07) is 9.29. The molecule has 1 aliphatic heterocycles. The molecule has 2 rings (SSSR count). The zero-order chi connectivity index (χ0) is 13.0. The second-order valence-corrected chi connectivity index (χ2v) is 5.27. The van der Waals surface area contributed by atoms with Crippen LogP contribution in [-0.2, 0) is 0 Å². The molecule has 1 saturated heterocycles. The second kappa shape index (κ2) is 6.21. The molecule has 100 valence electrons. The minimum atomic E-state index is 0.372. The summed E-state index contributed by atoms with van der Waals surface area (Å²) in [4.78, 5) is 2.40. The third-order valence-electron chi connectivity index (χ3n) is 3.70. The molecule has 2 atom stereocenters. The van der Waals surface area contributed by atoms with E-state index in [0.29, 0.717) is 12.1 Å². The fourth-order valence-electron chi connectivity index (χ4n) is 2.66. The molecule has 1 heterocycles. The van der Waals surface area contributed by atoms with Gasteiger partial charge >= 0.3 is 0 Å². The maximum absolute atomic E-state index is 5.28. The van der Waals surface area contributed by atoms with E-state index in [1.165, 1.54) is 24.9 Å². The molecule has 1 aromatic rings.